The Labute approximate surface area is 98.3 Å². The first-order chi connectivity index (χ1) is 7.67. The standard InChI is InChI=1S/C15H21N/c1-15(2)9-11(10-16-12-7-8-12)13-5-3-4-6-14(13)15/h3-6,11-12,16H,7-10H2,1-2H3. The molecule has 2 aliphatic carbocycles. The maximum Gasteiger partial charge on any atom is 0.00684 e. The van der Waals surface area contributed by atoms with Crippen LogP contribution < -0.4 is 5.32 Å². The molecule has 1 heteroatoms. The van der Waals surface area contributed by atoms with Gasteiger partial charge in [-0.15, -0.1) is 0 Å². The van der Waals surface area contributed by atoms with Gasteiger partial charge in [-0.2, -0.15) is 0 Å². The van der Waals surface area contributed by atoms with Crippen LogP contribution in [0, 0.1) is 0 Å². The molecule has 0 amide bonds. The fraction of sp³-hybridized carbons (Fsp3) is 0.600. The van der Waals surface area contributed by atoms with Crippen LogP contribution in [0.5, 0.6) is 0 Å². The average Bonchev–Trinajstić information content (AvgIpc) is 3.04. The van der Waals surface area contributed by atoms with E-state index >= 15 is 0 Å². The van der Waals surface area contributed by atoms with Crippen molar-refractivity contribution in [3.8, 4) is 0 Å². The van der Waals surface area contributed by atoms with Gasteiger partial charge in [0.2, 0.25) is 0 Å². The van der Waals surface area contributed by atoms with Crippen molar-refractivity contribution in [2.45, 2.75) is 50.5 Å². The third-order valence-electron chi connectivity index (χ3n) is 4.12. The minimum atomic E-state index is 0.368. The molecule has 1 aromatic carbocycles. The van der Waals surface area contributed by atoms with Crippen LogP contribution in [0.25, 0.3) is 0 Å². The van der Waals surface area contributed by atoms with Crippen molar-refractivity contribution < 1.29 is 0 Å². The first-order valence-corrected chi connectivity index (χ1v) is 6.49. The smallest absolute Gasteiger partial charge is 0.00684 e. The molecule has 0 aliphatic heterocycles. The van der Waals surface area contributed by atoms with Crippen molar-refractivity contribution in [3.63, 3.8) is 0 Å². The van der Waals surface area contributed by atoms with Gasteiger partial charge >= 0.3 is 0 Å². The monoisotopic (exact) mass is 215 g/mol. The fourth-order valence-corrected chi connectivity index (χ4v) is 3.08. The van der Waals surface area contributed by atoms with E-state index in [0.29, 0.717) is 5.41 Å². The van der Waals surface area contributed by atoms with Crippen molar-refractivity contribution >= 4 is 0 Å². The van der Waals surface area contributed by atoms with Crippen LogP contribution in [-0.4, -0.2) is 12.6 Å². The molecule has 3 rings (SSSR count). The molecule has 0 bridgehead atoms. The number of hydrogen-bond acceptors (Lipinski definition) is 1. The molecular weight excluding hydrogens is 194 g/mol. The second-order valence-electron chi connectivity index (χ2n) is 6.05. The Morgan fingerprint density at radius 1 is 1.25 bits per heavy atom. The minimum Gasteiger partial charge on any atom is -0.313 e. The molecule has 1 fully saturated rings. The Kier molecular flexibility index (Phi) is 2.32. The van der Waals surface area contributed by atoms with Gasteiger partial charge in [0, 0.05) is 12.6 Å². The highest BCUT2D eigenvalue weighted by molar-refractivity contribution is 5.41. The normalized spacial score (nSPS) is 26.8. The lowest BCUT2D eigenvalue weighted by Gasteiger charge is -2.19. The summed E-state index contributed by atoms with van der Waals surface area (Å²) in [5.41, 5.74) is 3.52. The number of benzene rings is 1. The van der Waals surface area contributed by atoms with Gasteiger partial charge in [0.25, 0.3) is 0 Å². The Bertz CT molecular complexity index is 390. The molecule has 0 saturated heterocycles. The third-order valence-corrected chi connectivity index (χ3v) is 4.12. The molecule has 1 unspecified atom stereocenters. The summed E-state index contributed by atoms with van der Waals surface area (Å²) >= 11 is 0. The van der Waals surface area contributed by atoms with Crippen LogP contribution in [0.2, 0.25) is 0 Å². The van der Waals surface area contributed by atoms with Gasteiger partial charge in [-0.3, -0.25) is 0 Å². The SMILES string of the molecule is CC1(C)CC(CNC2CC2)c2ccccc21. The van der Waals surface area contributed by atoms with Crippen molar-refractivity contribution in [1.29, 1.82) is 0 Å². The quantitative estimate of drug-likeness (QED) is 0.816. The molecule has 16 heavy (non-hydrogen) atoms. The maximum absolute atomic E-state index is 3.68. The molecule has 2 aliphatic rings. The fourth-order valence-electron chi connectivity index (χ4n) is 3.08. The van der Waals surface area contributed by atoms with Gasteiger partial charge in [-0.05, 0) is 41.7 Å². The van der Waals surface area contributed by atoms with Crippen molar-refractivity contribution in [1.82, 2.24) is 5.32 Å². The maximum atomic E-state index is 3.68. The van der Waals surface area contributed by atoms with E-state index in [1.807, 2.05) is 0 Å². The van der Waals surface area contributed by atoms with E-state index in [2.05, 4.69) is 43.4 Å². The first kappa shape index (κ1) is 10.3. The first-order valence-electron chi connectivity index (χ1n) is 6.49. The van der Waals surface area contributed by atoms with E-state index in [9.17, 15) is 0 Å². The van der Waals surface area contributed by atoms with Crippen LogP contribution in [0.4, 0.5) is 0 Å². The summed E-state index contributed by atoms with van der Waals surface area (Å²) < 4.78 is 0. The molecule has 0 radical (unpaired) electrons. The topological polar surface area (TPSA) is 12.0 Å². The van der Waals surface area contributed by atoms with Crippen LogP contribution in [0.3, 0.4) is 0 Å². The Morgan fingerprint density at radius 3 is 2.75 bits per heavy atom. The zero-order chi connectivity index (χ0) is 11.2. The second-order valence-corrected chi connectivity index (χ2v) is 6.05. The highest BCUT2D eigenvalue weighted by Gasteiger charge is 2.36. The van der Waals surface area contributed by atoms with Gasteiger partial charge in [-0.25, -0.2) is 0 Å². The average molecular weight is 215 g/mol. The zero-order valence-electron chi connectivity index (χ0n) is 10.3. The molecule has 1 nitrogen and oxygen atoms in total. The Balaban J connectivity index is 1.81. The lowest BCUT2D eigenvalue weighted by Crippen LogP contribution is -2.23. The van der Waals surface area contributed by atoms with Crippen LogP contribution in [-0.2, 0) is 5.41 Å². The van der Waals surface area contributed by atoms with Crippen molar-refractivity contribution in [3.05, 3.63) is 35.4 Å². The zero-order valence-corrected chi connectivity index (χ0v) is 10.3. The van der Waals surface area contributed by atoms with Crippen molar-refractivity contribution in [2.24, 2.45) is 0 Å². The summed E-state index contributed by atoms with van der Waals surface area (Å²) in [6.07, 6.45) is 4.07. The van der Waals surface area contributed by atoms with Crippen LogP contribution >= 0.6 is 0 Å². The molecule has 1 atom stereocenters. The van der Waals surface area contributed by atoms with E-state index in [4.69, 9.17) is 0 Å². The minimum absolute atomic E-state index is 0.368. The van der Waals surface area contributed by atoms with Gasteiger partial charge in [0.05, 0.1) is 0 Å². The lowest BCUT2D eigenvalue weighted by atomic mass is 9.86. The van der Waals surface area contributed by atoms with E-state index < -0.39 is 0 Å². The molecule has 0 aromatic heterocycles. The van der Waals surface area contributed by atoms with Gasteiger partial charge in [0.1, 0.15) is 0 Å². The van der Waals surface area contributed by atoms with Gasteiger partial charge in [0.15, 0.2) is 0 Å². The van der Waals surface area contributed by atoms with E-state index in [-0.39, 0.29) is 0 Å². The molecule has 1 saturated carbocycles. The summed E-state index contributed by atoms with van der Waals surface area (Å²) in [4.78, 5) is 0. The molecule has 86 valence electrons. The summed E-state index contributed by atoms with van der Waals surface area (Å²) in [5, 5.41) is 3.68. The van der Waals surface area contributed by atoms with Gasteiger partial charge < -0.3 is 5.32 Å². The van der Waals surface area contributed by atoms with Gasteiger partial charge in [-0.1, -0.05) is 38.1 Å². The predicted octanol–water partition coefficient (Wildman–Crippen LogP) is 3.20. The highest BCUT2D eigenvalue weighted by atomic mass is 14.9. The van der Waals surface area contributed by atoms with Crippen LogP contribution in [0.1, 0.15) is 50.2 Å². The molecule has 0 spiro atoms. The van der Waals surface area contributed by atoms with E-state index in [1.165, 1.54) is 25.8 Å². The molecular formula is C15H21N. The highest BCUT2D eigenvalue weighted by Crippen LogP contribution is 2.45. The second kappa shape index (κ2) is 3.59. The number of hydrogen-bond donors (Lipinski definition) is 1. The summed E-state index contributed by atoms with van der Waals surface area (Å²) in [6.45, 7) is 5.93. The van der Waals surface area contributed by atoms with Crippen LogP contribution in [0.15, 0.2) is 24.3 Å². The van der Waals surface area contributed by atoms with E-state index in [1.54, 1.807) is 11.1 Å². The van der Waals surface area contributed by atoms with E-state index in [0.717, 1.165) is 12.0 Å². The van der Waals surface area contributed by atoms with Crippen molar-refractivity contribution in [2.75, 3.05) is 6.54 Å². The summed E-state index contributed by atoms with van der Waals surface area (Å²) in [7, 11) is 0. The molecule has 0 heterocycles. The lowest BCUT2D eigenvalue weighted by molar-refractivity contribution is 0.457. The largest absolute Gasteiger partial charge is 0.313 e. The Morgan fingerprint density at radius 2 is 2.00 bits per heavy atom. The summed E-state index contributed by atoms with van der Waals surface area (Å²) in [6, 6.07) is 9.83. The number of fused-ring (bicyclic) bond motifs is 1. The third kappa shape index (κ3) is 1.78. The molecule has 1 aromatic rings. The molecule has 1 N–H and O–H groups in total. The number of rotatable bonds is 3. The summed E-state index contributed by atoms with van der Waals surface area (Å²) in [5.74, 6) is 0.729. The predicted molar refractivity (Wildman–Crippen MR) is 67.9 cm³/mol. The Hall–Kier alpha value is -0.820. The number of nitrogens with one attached hydrogen (secondary N) is 1.